The van der Waals surface area contributed by atoms with Crippen molar-refractivity contribution in [1.82, 2.24) is 0 Å². The molecule has 0 radical (unpaired) electrons. The zero-order valence-electron chi connectivity index (χ0n) is 31.1. The summed E-state index contributed by atoms with van der Waals surface area (Å²) in [5.41, 5.74) is -1.49. The van der Waals surface area contributed by atoms with Crippen molar-refractivity contribution in [2.75, 3.05) is 0 Å². The predicted molar refractivity (Wildman–Crippen MR) is 224 cm³/mol. The van der Waals surface area contributed by atoms with E-state index in [4.69, 9.17) is 0 Å². The smallest absolute Gasteiger partial charge is 0.166 e. The summed E-state index contributed by atoms with van der Waals surface area (Å²) in [6.07, 6.45) is -13.9. The van der Waals surface area contributed by atoms with Gasteiger partial charge in [0.2, 0.25) is 0 Å². The number of hydrogen-bond acceptors (Lipinski definition) is 0. The van der Waals surface area contributed by atoms with Crippen LogP contribution in [0.3, 0.4) is 0 Å². The number of halogens is 9. The fraction of sp³-hybridized carbons (Fsp3) is 0.0588. The molecule has 0 aliphatic carbocycles. The van der Waals surface area contributed by atoms with Crippen molar-refractivity contribution in [2.24, 2.45) is 0 Å². The molecule has 0 spiro atoms. The summed E-state index contributed by atoms with van der Waals surface area (Å²) < 4.78 is 122. The van der Waals surface area contributed by atoms with Crippen molar-refractivity contribution < 1.29 is 39.5 Å². The Morgan fingerprint density at radius 3 is 0.850 bits per heavy atom. The van der Waals surface area contributed by atoms with E-state index in [2.05, 4.69) is 72.8 Å². The van der Waals surface area contributed by atoms with E-state index >= 15 is 0 Å². The molecule has 0 aromatic heterocycles. The van der Waals surface area contributed by atoms with Crippen molar-refractivity contribution in [2.45, 2.75) is 18.5 Å². The highest BCUT2D eigenvalue weighted by Gasteiger charge is 2.33. The van der Waals surface area contributed by atoms with Gasteiger partial charge in [-0.2, -0.15) is 39.5 Å². The van der Waals surface area contributed by atoms with Crippen molar-refractivity contribution in [3.05, 3.63) is 193 Å². The Hall–Kier alpha value is -6.87. The third-order valence-corrected chi connectivity index (χ3v) is 10.9. The van der Waals surface area contributed by atoms with E-state index < -0.39 is 35.2 Å². The second-order valence-electron chi connectivity index (χ2n) is 14.6. The van der Waals surface area contributed by atoms with Gasteiger partial charge in [0.25, 0.3) is 0 Å². The number of benzene rings is 10. The van der Waals surface area contributed by atoms with Crippen LogP contribution < -0.4 is 0 Å². The highest BCUT2D eigenvalue weighted by Crippen LogP contribution is 2.47. The van der Waals surface area contributed by atoms with E-state index in [1.165, 1.54) is 62.6 Å². The third-order valence-electron chi connectivity index (χ3n) is 10.9. The van der Waals surface area contributed by atoms with E-state index in [0.29, 0.717) is 27.3 Å². The van der Waals surface area contributed by atoms with E-state index in [1.54, 1.807) is 30.3 Å². The lowest BCUT2D eigenvalue weighted by Crippen LogP contribution is -2.05. The van der Waals surface area contributed by atoms with Crippen LogP contribution in [0.15, 0.2) is 176 Å². The Labute approximate surface area is 336 Å². The normalized spacial score (nSPS) is 12.4. The van der Waals surface area contributed by atoms with E-state index in [-0.39, 0.29) is 16.5 Å². The Morgan fingerprint density at radius 1 is 0.233 bits per heavy atom. The lowest BCUT2D eigenvalue weighted by Gasteiger charge is -2.20. The Bertz CT molecular complexity index is 3100. The van der Waals surface area contributed by atoms with Gasteiger partial charge in [0, 0.05) is 0 Å². The van der Waals surface area contributed by atoms with Crippen molar-refractivity contribution in [3.63, 3.8) is 0 Å². The summed E-state index contributed by atoms with van der Waals surface area (Å²) in [4.78, 5) is 0. The van der Waals surface area contributed by atoms with Gasteiger partial charge in [-0.05, 0) is 160 Å². The molecule has 0 aliphatic heterocycles. The number of fused-ring (bicyclic) bond motifs is 6. The van der Waals surface area contributed by atoms with Crippen LogP contribution in [0.1, 0.15) is 16.7 Å². The molecule has 0 saturated heterocycles. The highest BCUT2D eigenvalue weighted by atomic mass is 19.4. The maximum atomic E-state index is 13.9. The van der Waals surface area contributed by atoms with Gasteiger partial charge in [0.15, 0.2) is 0 Å². The molecule has 0 N–H and O–H groups in total. The zero-order valence-corrected chi connectivity index (χ0v) is 31.1. The number of rotatable bonds is 2. The summed E-state index contributed by atoms with van der Waals surface area (Å²) in [6.45, 7) is 0. The van der Waals surface area contributed by atoms with E-state index in [0.717, 1.165) is 47.2 Å². The van der Waals surface area contributed by atoms with Crippen LogP contribution in [-0.2, 0) is 18.5 Å². The minimum absolute atomic E-state index is 0.0993. The standard InChI is InChI=1S/C33H17F9.C18H12/c34-31(35,36)22-9-5-18(6-10-22)29-25-14-13-24(33(40,41)42)17-28(25)30(19-7-11-23(12-8-19)32(37,38)39)27-16-21-4-2-1-3-20(21)15-26(27)29;1-2-6-14-10-18-12-16-8-4-3-7-15(16)11-17(18)9-13(14)5-1/h1-17H;1-12H. The van der Waals surface area contributed by atoms with Gasteiger partial charge in [-0.25, -0.2) is 0 Å². The van der Waals surface area contributed by atoms with Gasteiger partial charge < -0.3 is 0 Å². The molecule has 60 heavy (non-hydrogen) atoms. The van der Waals surface area contributed by atoms with Gasteiger partial charge >= 0.3 is 18.5 Å². The fourth-order valence-corrected chi connectivity index (χ4v) is 8.00. The van der Waals surface area contributed by atoms with Crippen molar-refractivity contribution in [1.29, 1.82) is 0 Å². The molecule has 0 nitrogen and oxygen atoms in total. The minimum atomic E-state index is -4.72. The fourth-order valence-electron chi connectivity index (χ4n) is 8.00. The molecule has 0 fully saturated rings. The Kier molecular flexibility index (Phi) is 9.30. The predicted octanol–water partition coefficient (Wildman–Crippen LogP) is 16.7. The van der Waals surface area contributed by atoms with Crippen LogP contribution in [0.4, 0.5) is 39.5 Å². The molecule has 0 saturated carbocycles. The zero-order chi connectivity index (χ0) is 42.0. The van der Waals surface area contributed by atoms with Crippen LogP contribution in [0.25, 0.3) is 86.9 Å². The van der Waals surface area contributed by atoms with Crippen LogP contribution >= 0.6 is 0 Å². The summed E-state index contributed by atoms with van der Waals surface area (Å²) in [7, 11) is 0. The first-order chi connectivity index (χ1) is 28.6. The van der Waals surface area contributed by atoms with Crippen molar-refractivity contribution in [3.8, 4) is 22.3 Å². The van der Waals surface area contributed by atoms with Crippen molar-refractivity contribution >= 4 is 64.6 Å². The monoisotopic (exact) mass is 812 g/mol. The Balaban J connectivity index is 0.000000212. The van der Waals surface area contributed by atoms with Crippen LogP contribution in [0.2, 0.25) is 0 Å². The first-order valence-corrected chi connectivity index (χ1v) is 18.8. The first-order valence-electron chi connectivity index (χ1n) is 18.8. The number of hydrogen-bond donors (Lipinski definition) is 0. The Morgan fingerprint density at radius 2 is 0.517 bits per heavy atom. The summed E-state index contributed by atoms with van der Waals surface area (Å²) in [5.74, 6) is 0. The molecule has 10 rings (SSSR count). The highest BCUT2D eigenvalue weighted by molar-refractivity contribution is 6.23. The SMILES string of the molecule is FC(F)(F)c1ccc(-c2c3ccc(C(F)(F)F)cc3c(-c3ccc(C(F)(F)F)cc3)c3cc4ccccc4cc23)cc1.c1ccc2cc3cc4ccccc4cc3cc2c1. The number of alkyl halides is 9. The molecular formula is C51H29F9. The van der Waals surface area contributed by atoms with Gasteiger partial charge in [-0.3, -0.25) is 0 Å². The van der Waals surface area contributed by atoms with Gasteiger partial charge in [0.1, 0.15) is 0 Å². The molecule has 0 bridgehead atoms. The maximum Gasteiger partial charge on any atom is 0.416 e. The van der Waals surface area contributed by atoms with Crippen LogP contribution in [0, 0.1) is 0 Å². The molecule has 9 heteroatoms. The second-order valence-corrected chi connectivity index (χ2v) is 14.6. The average Bonchev–Trinajstić information content (AvgIpc) is 3.22. The summed E-state index contributed by atoms with van der Waals surface area (Å²) >= 11 is 0. The minimum Gasteiger partial charge on any atom is -0.166 e. The topological polar surface area (TPSA) is 0 Å². The molecule has 0 unspecified atom stereocenters. The summed E-state index contributed by atoms with van der Waals surface area (Å²) in [6, 6.07) is 48.4. The first kappa shape index (κ1) is 38.6. The average molecular weight is 813 g/mol. The van der Waals surface area contributed by atoms with E-state index in [9.17, 15) is 39.5 Å². The lowest BCUT2D eigenvalue weighted by molar-refractivity contribution is -0.138. The molecule has 296 valence electrons. The molecule has 10 aromatic carbocycles. The van der Waals surface area contributed by atoms with Crippen LogP contribution in [-0.4, -0.2) is 0 Å². The van der Waals surface area contributed by atoms with E-state index in [1.807, 2.05) is 6.07 Å². The molecular weight excluding hydrogens is 784 g/mol. The third kappa shape index (κ3) is 7.25. The lowest BCUT2D eigenvalue weighted by atomic mass is 9.84. The molecule has 0 heterocycles. The van der Waals surface area contributed by atoms with Gasteiger partial charge in [0.05, 0.1) is 16.7 Å². The molecule has 0 atom stereocenters. The molecule has 0 amide bonds. The molecule has 10 aromatic rings. The van der Waals surface area contributed by atoms with Crippen LogP contribution in [0.5, 0.6) is 0 Å². The van der Waals surface area contributed by atoms with Gasteiger partial charge in [-0.1, -0.05) is 103 Å². The van der Waals surface area contributed by atoms with Gasteiger partial charge in [-0.15, -0.1) is 0 Å². The summed E-state index contributed by atoms with van der Waals surface area (Å²) in [5, 5.41) is 10.7. The quantitative estimate of drug-likeness (QED) is 0.120. The second kappa shape index (κ2) is 14.4. The molecule has 0 aliphatic rings. The largest absolute Gasteiger partial charge is 0.416 e. The maximum absolute atomic E-state index is 13.9.